The Kier molecular flexibility index (Phi) is 3.31. The predicted octanol–water partition coefficient (Wildman–Crippen LogP) is 9.05. The summed E-state index contributed by atoms with van der Waals surface area (Å²) in [6.07, 6.45) is 0. The molecule has 0 saturated carbocycles. The van der Waals surface area contributed by atoms with Crippen LogP contribution in [0.3, 0.4) is 0 Å². The van der Waals surface area contributed by atoms with Crippen LogP contribution in [-0.4, -0.2) is 4.57 Å². The van der Waals surface area contributed by atoms with E-state index in [1.807, 2.05) is 23.5 Å². The van der Waals surface area contributed by atoms with E-state index >= 15 is 0 Å². The molecule has 3 heteroatoms. The summed E-state index contributed by atoms with van der Waals surface area (Å²) in [5.74, 6) is 0. The lowest BCUT2D eigenvalue weighted by molar-refractivity contribution is 0.668. The molecule has 0 aliphatic rings. The Labute approximate surface area is 192 Å². The van der Waals surface area contributed by atoms with Gasteiger partial charge in [0.1, 0.15) is 11.2 Å². The van der Waals surface area contributed by atoms with Crippen molar-refractivity contribution in [1.82, 2.24) is 4.57 Å². The molecule has 0 aliphatic carbocycles. The molecule has 33 heavy (non-hydrogen) atoms. The molecule has 154 valence electrons. The zero-order chi connectivity index (χ0) is 21.5. The normalized spacial score (nSPS) is 12.2. The van der Waals surface area contributed by atoms with Crippen molar-refractivity contribution in [3.63, 3.8) is 0 Å². The molecule has 0 aliphatic heterocycles. The first-order valence-corrected chi connectivity index (χ1v) is 11.9. The third-order valence-corrected chi connectivity index (χ3v) is 7.93. The van der Waals surface area contributed by atoms with Crippen LogP contribution in [0.4, 0.5) is 0 Å². The number of fused-ring (bicyclic) bond motifs is 10. The van der Waals surface area contributed by atoms with E-state index in [-0.39, 0.29) is 0 Å². The summed E-state index contributed by atoms with van der Waals surface area (Å²) in [5.41, 5.74) is 5.45. The van der Waals surface area contributed by atoms with Gasteiger partial charge in [-0.15, -0.1) is 11.3 Å². The standard InChI is InChI=1S/C30H17NOS/c1-4-10-24-19(7-1)22-15-16-28-29(23-9-3-6-12-27(23)33-28)30(22)31(24)18-13-14-21-20-8-2-5-11-25(20)32-26(21)17-18/h1-17H. The van der Waals surface area contributed by atoms with E-state index in [9.17, 15) is 0 Å². The molecule has 3 heterocycles. The topological polar surface area (TPSA) is 18.1 Å². The van der Waals surface area contributed by atoms with Crippen molar-refractivity contribution in [3.05, 3.63) is 103 Å². The van der Waals surface area contributed by atoms with Crippen LogP contribution in [0.15, 0.2) is 108 Å². The summed E-state index contributed by atoms with van der Waals surface area (Å²) in [6.45, 7) is 0. The van der Waals surface area contributed by atoms with Gasteiger partial charge in [0, 0.05) is 53.5 Å². The van der Waals surface area contributed by atoms with Crippen molar-refractivity contribution in [2.45, 2.75) is 0 Å². The zero-order valence-corrected chi connectivity index (χ0v) is 18.4. The van der Waals surface area contributed by atoms with Gasteiger partial charge in [-0.05, 0) is 36.4 Å². The van der Waals surface area contributed by atoms with E-state index in [1.165, 1.54) is 42.0 Å². The second-order valence-corrected chi connectivity index (χ2v) is 9.65. The summed E-state index contributed by atoms with van der Waals surface area (Å²) in [6, 6.07) is 36.9. The van der Waals surface area contributed by atoms with E-state index in [0.717, 1.165) is 27.6 Å². The molecule has 0 fully saturated rings. The van der Waals surface area contributed by atoms with E-state index < -0.39 is 0 Å². The van der Waals surface area contributed by atoms with Crippen molar-refractivity contribution in [1.29, 1.82) is 0 Å². The molecule has 0 unspecified atom stereocenters. The fourth-order valence-electron chi connectivity index (χ4n) is 5.39. The Bertz CT molecular complexity index is 2040. The lowest BCUT2D eigenvalue weighted by Gasteiger charge is -2.09. The average Bonchev–Trinajstić information content (AvgIpc) is 3.52. The largest absolute Gasteiger partial charge is 0.456 e. The Balaban J connectivity index is 1.58. The summed E-state index contributed by atoms with van der Waals surface area (Å²) in [5, 5.41) is 7.51. The van der Waals surface area contributed by atoms with Crippen LogP contribution in [-0.2, 0) is 0 Å². The summed E-state index contributed by atoms with van der Waals surface area (Å²) in [4.78, 5) is 0. The number of benzene rings is 5. The van der Waals surface area contributed by atoms with Crippen molar-refractivity contribution in [2.75, 3.05) is 0 Å². The highest BCUT2D eigenvalue weighted by Gasteiger charge is 2.18. The van der Waals surface area contributed by atoms with E-state index in [2.05, 4.69) is 95.6 Å². The SMILES string of the molecule is c1ccc2c(c1)oc1cc(-n3c4ccccc4c4ccc5sc6ccccc6c5c43)ccc12. The van der Waals surface area contributed by atoms with Gasteiger partial charge in [0.15, 0.2) is 0 Å². The number of thiophene rings is 1. The fraction of sp³-hybridized carbons (Fsp3) is 0. The molecule has 5 aromatic carbocycles. The van der Waals surface area contributed by atoms with Crippen LogP contribution < -0.4 is 0 Å². The second kappa shape index (κ2) is 6.25. The van der Waals surface area contributed by atoms with Crippen LogP contribution >= 0.6 is 11.3 Å². The molecule has 0 bridgehead atoms. The summed E-state index contributed by atoms with van der Waals surface area (Å²) in [7, 11) is 0. The van der Waals surface area contributed by atoms with Gasteiger partial charge >= 0.3 is 0 Å². The summed E-state index contributed by atoms with van der Waals surface area (Å²) >= 11 is 1.86. The predicted molar refractivity (Wildman–Crippen MR) is 141 cm³/mol. The number of nitrogens with zero attached hydrogens (tertiary/aromatic N) is 1. The maximum absolute atomic E-state index is 6.25. The third kappa shape index (κ3) is 2.27. The molecule has 2 nitrogen and oxygen atoms in total. The van der Waals surface area contributed by atoms with E-state index in [0.29, 0.717) is 0 Å². The zero-order valence-electron chi connectivity index (χ0n) is 17.6. The molecule has 8 aromatic rings. The van der Waals surface area contributed by atoms with Crippen LogP contribution in [0.1, 0.15) is 0 Å². The maximum Gasteiger partial charge on any atom is 0.137 e. The third-order valence-electron chi connectivity index (χ3n) is 6.80. The number of rotatable bonds is 1. The molecule has 3 aromatic heterocycles. The first kappa shape index (κ1) is 17.5. The van der Waals surface area contributed by atoms with Gasteiger partial charge in [-0.2, -0.15) is 0 Å². The van der Waals surface area contributed by atoms with Gasteiger partial charge < -0.3 is 8.98 Å². The van der Waals surface area contributed by atoms with E-state index in [4.69, 9.17) is 4.42 Å². The monoisotopic (exact) mass is 439 g/mol. The van der Waals surface area contributed by atoms with Crippen molar-refractivity contribution in [2.24, 2.45) is 0 Å². The Morgan fingerprint density at radius 3 is 2.21 bits per heavy atom. The molecule has 0 amide bonds. The van der Waals surface area contributed by atoms with Crippen molar-refractivity contribution >= 4 is 75.3 Å². The molecule has 0 saturated heterocycles. The van der Waals surface area contributed by atoms with Gasteiger partial charge in [0.05, 0.1) is 11.0 Å². The molecular weight excluding hydrogens is 422 g/mol. The van der Waals surface area contributed by atoms with Crippen molar-refractivity contribution < 1.29 is 4.42 Å². The van der Waals surface area contributed by atoms with Crippen LogP contribution in [0.2, 0.25) is 0 Å². The van der Waals surface area contributed by atoms with Crippen LogP contribution in [0, 0.1) is 0 Å². The number of hydrogen-bond donors (Lipinski definition) is 0. The van der Waals surface area contributed by atoms with Crippen LogP contribution in [0.25, 0.3) is 69.6 Å². The van der Waals surface area contributed by atoms with Gasteiger partial charge in [-0.25, -0.2) is 0 Å². The number of furan rings is 1. The smallest absolute Gasteiger partial charge is 0.137 e. The minimum atomic E-state index is 0.919. The van der Waals surface area contributed by atoms with E-state index in [1.54, 1.807) is 0 Å². The van der Waals surface area contributed by atoms with Gasteiger partial charge in [-0.3, -0.25) is 0 Å². The highest BCUT2D eigenvalue weighted by Crippen LogP contribution is 2.43. The molecule has 0 radical (unpaired) electrons. The van der Waals surface area contributed by atoms with Gasteiger partial charge in [0.2, 0.25) is 0 Å². The van der Waals surface area contributed by atoms with Crippen molar-refractivity contribution in [3.8, 4) is 5.69 Å². The van der Waals surface area contributed by atoms with Crippen LogP contribution in [0.5, 0.6) is 0 Å². The first-order chi connectivity index (χ1) is 16.4. The first-order valence-electron chi connectivity index (χ1n) is 11.1. The molecule has 8 rings (SSSR count). The van der Waals surface area contributed by atoms with Gasteiger partial charge in [-0.1, -0.05) is 60.7 Å². The highest BCUT2D eigenvalue weighted by atomic mass is 32.1. The fourth-order valence-corrected chi connectivity index (χ4v) is 6.50. The van der Waals surface area contributed by atoms with Gasteiger partial charge in [0.25, 0.3) is 0 Å². The Morgan fingerprint density at radius 1 is 0.545 bits per heavy atom. The minimum Gasteiger partial charge on any atom is -0.456 e. The lowest BCUT2D eigenvalue weighted by Crippen LogP contribution is -1.93. The number of para-hydroxylation sites is 2. The summed E-state index contributed by atoms with van der Waals surface area (Å²) < 4.78 is 11.3. The number of hydrogen-bond acceptors (Lipinski definition) is 2. The lowest BCUT2D eigenvalue weighted by atomic mass is 10.1. The highest BCUT2D eigenvalue weighted by molar-refractivity contribution is 7.26. The quantitative estimate of drug-likeness (QED) is 0.249. The molecule has 0 atom stereocenters. The Hall–Kier alpha value is -4.08. The molecular formula is C30H17NOS. The Morgan fingerprint density at radius 2 is 1.27 bits per heavy atom. The molecule has 0 N–H and O–H groups in total. The second-order valence-electron chi connectivity index (χ2n) is 8.56. The average molecular weight is 440 g/mol. The maximum atomic E-state index is 6.25. The number of aromatic nitrogens is 1. The minimum absolute atomic E-state index is 0.919. The molecule has 0 spiro atoms.